The second kappa shape index (κ2) is 7.66. The number of benzene rings is 2. The Kier molecular flexibility index (Phi) is 5.09. The molecular formula is C20H20ClFN4O. The van der Waals surface area contributed by atoms with Crippen molar-refractivity contribution in [2.24, 2.45) is 0 Å². The summed E-state index contributed by atoms with van der Waals surface area (Å²) in [6, 6.07) is 14.1. The zero-order valence-electron chi connectivity index (χ0n) is 15.0. The molecular weight excluding hydrogens is 367 g/mol. The topological polar surface area (TPSA) is 45.4 Å². The van der Waals surface area contributed by atoms with Crippen LogP contribution in [0.5, 0.6) is 0 Å². The van der Waals surface area contributed by atoms with Crippen molar-refractivity contribution in [3.05, 3.63) is 65.3 Å². The van der Waals surface area contributed by atoms with Crippen LogP contribution in [0.25, 0.3) is 11.5 Å². The molecule has 3 aromatic rings. The van der Waals surface area contributed by atoms with Gasteiger partial charge in [-0.1, -0.05) is 17.7 Å². The molecule has 1 fully saturated rings. The van der Waals surface area contributed by atoms with E-state index in [1.165, 1.54) is 12.1 Å². The third kappa shape index (κ3) is 3.96. The summed E-state index contributed by atoms with van der Waals surface area (Å²) in [6.45, 7) is 5.54. The van der Waals surface area contributed by atoms with Crippen LogP contribution in [0.15, 0.2) is 52.9 Å². The lowest BCUT2D eigenvalue weighted by atomic mass is 10.2. The molecule has 1 aliphatic rings. The zero-order valence-corrected chi connectivity index (χ0v) is 15.7. The minimum absolute atomic E-state index is 0.0285. The number of halogens is 2. The van der Waals surface area contributed by atoms with E-state index >= 15 is 0 Å². The molecule has 7 heteroatoms. The number of anilines is 1. The van der Waals surface area contributed by atoms with E-state index in [0.29, 0.717) is 16.8 Å². The average Bonchev–Trinajstić information content (AvgIpc) is 3.18. The molecule has 140 valence electrons. The Morgan fingerprint density at radius 3 is 2.48 bits per heavy atom. The molecule has 0 amide bonds. The second-order valence-corrected chi connectivity index (χ2v) is 7.07. The number of nitrogens with zero attached hydrogens (tertiary/aromatic N) is 4. The van der Waals surface area contributed by atoms with Crippen LogP contribution in [0.4, 0.5) is 10.1 Å². The van der Waals surface area contributed by atoms with Gasteiger partial charge in [0.15, 0.2) is 0 Å². The van der Waals surface area contributed by atoms with E-state index in [1.807, 2.05) is 36.4 Å². The number of piperazine rings is 1. The summed E-state index contributed by atoms with van der Waals surface area (Å²) in [5.74, 6) is 0.863. The van der Waals surface area contributed by atoms with Crippen LogP contribution >= 0.6 is 11.6 Å². The standard InChI is InChI=1S/C20H20ClFN4O/c1-14(19-23-24-20(27-19)15-3-2-4-16(21)13-15)25-9-11-26(12-10-25)18-7-5-17(22)6-8-18/h2-8,13-14H,9-12H2,1H3. The van der Waals surface area contributed by atoms with Crippen LogP contribution < -0.4 is 4.90 Å². The first-order chi connectivity index (χ1) is 13.1. The molecule has 4 rings (SSSR count). The van der Waals surface area contributed by atoms with Gasteiger partial charge in [0.05, 0.1) is 6.04 Å². The first-order valence-electron chi connectivity index (χ1n) is 8.94. The number of rotatable bonds is 4. The Morgan fingerprint density at radius 2 is 1.78 bits per heavy atom. The highest BCUT2D eigenvalue weighted by atomic mass is 35.5. The lowest BCUT2D eigenvalue weighted by Gasteiger charge is -2.38. The SMILES string of the molecule is CC(c1nnc(-c2cccc(Cl)c2)o1)N1CCN(c2ccc(F)cc2)CC1. The molecule has 2 aromatic carbocycles. The fourth-order valence-electron chi connectivity index (χ4n) is 3.32. The normalized spacial score (nSPS) is 16.5. The van der Waals surface area contributed by atoms with Gasteiger partial charge < -0.3 is 9.32 Å². The first-order valence-corrected chi connectivity index (χ1v) is 9.32. The van der Waals surface area contributed by atoms with Crippen molar-refractivity contribution in [3.8, 4) is 11.5 Å². The van der Waals surface area contributed by atoms with Crippen molar-refractivity contribution >= 4 is 17.3 Å². The van der Waals surface area contributed by atoms with Crippen molar-refractivity contribution in [1.82, 2.24) is 15.1 Å². The van der Waals surface area contributed by atoms with E-state index < -0.39 is 0 Å². The largest absolute Gasteiger partial charge is 0.419 e. The van der Waals surface area contributed by atoms with E-state index in [0.717, 1.165) is 37.4 Å². The van der Waals surface area contributed by atoms with Gasteiger partial charge in [0, 0.05) is 42.5 Å². The van der Waals surface area contributed by atoms with E-state index in [4.69, 9.17) is 16.0 Å². The smallest absolute Gasteiger partial charge is 0.247 e. The van der Waals surface area contributed by atoms with Crippen molar-refractivity contribution in [2.75, 3.05) is 31.1 Å². The molecule has 0 radical (unpaired) electrons. The third-order valence-electron chi connectivity index (χ3n) is 4.92. The molecule has 1 unspecified atom stereocenters. The molecule has 1 aromatic heterocycles. The van der Waals surface area contributed by atoms with Gasteiger partial charge in [0.2, 0.25) is 11.8 Å². The van der Waals surface area contributed by atoms with E-state index in [1.54, 1.807) is 0 Å². The third-order valence-corrected chi connectivity index (χ3v) is 5.16. The summed E-state index contributed by atoms with van der Waals surface area (Å²) in [7, 11) is 0. The molecule has 0 bridgehead atoms. The van der Waals surface area contributed by atoms with Gasteiger partial charge in [-0.25, -0.2) is 4.39 Å². The minimum Gasteiger partial charge on any atom is -0.419 e. The summed E-state index contributed by atoms with van der Waals surface area (Å²) in [6.07, 6.45) is 0. The number of hydrogen-bond donors (Lipinski definition) is 0. The van der Waals surface area contributed by atoms with Gasteiger partial charge in [0.25, 0.3) is 0 Å². The Balaban J connectivity index is 1.41. The van der Waals surface area contributed by atoms with Gasteiger partial charge in [-0.15, -0.1) is 10.2 Å². The fourth-order valence-corrected chi connectivity index (χ4v) is 3.51. The second-order valence-electron chi connectivity index (χ2n) is 6.63. The Hall–Kier alpha value is -2.44. The Bertz CT molecular complexity index is 906. The molecule has 1 aliphatic heterocycles. The van der Waals surface area contributed by atoms with Gasteiger partial charge in [-0.05, 0) is 49.4 Å². The van der Waals surface area contributed by atoms with Crippen LogP contribution in [0.2, 0.25) is 5.02 Å². The molecule has 0 aliphatic carbocycles. The molecule has 1 atom stereocenters. The predicted molar refractivity (Wildman–Crippen MR) is 103 cm³/mol. The van der Waals surface area contributed by atoms with Crippen LogP contribution in [-0.2, 0) is 0 Å². The van der Waals surface area contributed by atoms with Crippen molar-refractivity contribution in [1.29, 1.82) is 0 Å². The molecule has 5 nitrogen and oxygen atoms in total. The molecule has 2 heterocycles. The molecule has 0 spiro atoms. The van der Waals surface area contributed by atoms with Crippen molar-refractivity contribution < 1.29 is 8.81 Å². The van der Waals surface area contributed by atoms with Crippen molar-refractivity contribution in [3.63, 3.8) is 0 Å². The lowest BCUT2D eigenvalue weighted by molar-refractivity contribution is 0.174. The average molecular weight is 387 g/mol. The Morgan fingerprint density at radius 1 is 1.04 bits per heavy atom. The summed E-state index contributed by atoms with van der Waals surface area (Å²) in [5, 5.41) is 9.03. The Labute approximate surface area is 162 Å². The summed E-state index contributed by atoms with van der Waals surface area (Å²) in [4.78, 5) is 4.57. The van der Waals surface area contributed by atoms with Gasteiger partial charge in [-0.2, -0.15) is 0 Å². The summed E-state index contributed by atoms with van der Waals surface area (Å²) in [5.41, 5.74) is 1.86. The maximum Gasteiger partial charge on any atom is 0.247 e. The van der Waals surface area contributed by atoms with Gasteiger partial charge >= 0.3 is 0 Å². The highest BCUT2D eigenvalue weighted by molar-refractivity contribution is 6.30. The number of hydrogen-bond acceptors (Lipinski definition) is 5. The minimum atomic E-state index is -0.210. The van der Waals surface area contributed by atoms with E-state index in [-0.39, 0.29) is 11.9 Å². The predicted octanol–water partition coefficient (Wildman–Crippen LogP) is 4.41. The van der Waals surface area contributed by atoms with Crippen LogP contribution in [-0.4, -0.2) is 41.3 Å². The van der Waals surface area contributed by atoms with E-state index in [2.05, 4.69) is 26.9 Å². The maximum absolute atomic E-state index is 13.1. The van der Waals surface area contributed by atoms with Crippen molar-refractivity contribution in [2.45, 2.75) is 13.0 Å². The molecule has 1 saturated heterocycles. The van der Waals surface area contributed by atoms with Crippen LogP contribution in [0.1, 0.15) is 18.9 Å². The monoisotopic (exact) mass is 386 g/mol. The van der Waals surface area contributed by atoms with Gasteiger partial charge in [-0.3, -0.25) is 4.90 Å². The lowest BCUT2D eigenvalue weighted by Crippen LogP contribution is -2.47. The van der Waals surface area contributed by atoms with Crippen LogP contribution in [0.3, 0.4) is 0 Å². The highest BCUT2D eigenvalue weighted by Gasteiger charge is 2.26. The molecule has 27 heavy (non-hydrogen) atoms. The molecule has 0 saturated carbocycles. The highest BCUT2D eigenvalue weighted by Crippen LogP contribution is 2.27. The molecule has 0 N–H and O–H groups in total. The van der Waals surface area contributed by atoms with E-state index in [9.17, 15) is 4.39 Å². The summed E-state index contributed by atoms with van der Waals surface area (Å²) >= 11 is 6.04. The first kappa shape index (κ1) is 17.9. The quantitative estimate of drug-likeness (QED) is 0.664. The summed E-state index contributed by atoms with van der Waals surface area (Å²) < 4.78 is 19.0. The zero-order chi connectivity index (χ0) is 18.8. The number of aromatic nitrogens is 2. The maximum atomic E-state index is 13.1. The fraction of sp³-hybridized carbons (Fsp3) is 0.300. The van der Waals surface area contributed by atoms with Gasteiger partial charge in [0.1, 0.15) is 5.82 Å². The van der Waals surface area contributed by atoms with Crippen LogP contribution in [0, 0.1) is 5.82 Å².